The highest BCUT2D eigenvalue weighted by atomic mass is 16.3. The number of aliphatic hydroxyl groups is 1. The highest BCUT2D eigenvalue weighted by Gasteiger charge is 2.31. The smallest absolute Gasteiger partial charge is 0.253 e. The Morgan fingerprint density at radius 2 is 1.67 bits per heavy atom. The summed E-state index contributed by atoms with van der Waals surface area (Å²) in [5, 5.41) is 13.0. The van der Waals surface area contributed by atoms with Crippen LogP contribution in [0.5, 0.6) is 0 Å². The minimum Gasteiger partial charge on any atom is -0.391 e. The van der Waals surface area contributed by atoms with Crippen molar-refractivity contribution in [3.8, 4) is 0 Å². The molecule has 2 unspecified atom stereocenters. The van der Waals surface area contributed by atoms with E-state index in [0.29, 0.717) is 31.5 Å². The van der Waals surface area contributed by atoms with E-state index in [1.165, 1.54) is 0 Å². The summed E-state index contributed by atoms with van der Waals surface area (Å²) in [6, 6.07) is 9.17. The first kappa shape index (κ1) is 17.0. The van der Waals surface area contributed by atoms with Crippen LogP contribution in [0.4, 0.5) is 0 Å². The van der Waals surface area contributed by atoms with Crippen molar-refractivity contribution in [2.24, 2.45) is 5.92 Å². The molecular weight excluding hydrogens is 304 g/mol. The van der Waals surface area contributed by atoms with Gasteiger partial charge < -0.3 is 15.3 Å². The Balaban J connectivity index is 1.49. The van der Waals surface area contributed by atoms with E-state index in [1.807, 2.05) is 35.2 Å². The van der Waals surface area contributed by atoms with Gasteiger partial charge in [-0.3, -0.25) is 9.59 Å². The average molecular weight is 330 g/mol. The first-order valence-corrected chi connectivity index (χ1v) is 8.98. The molecule has 5 heteroatoms. The Hall–Kier alpha value is -1.88. The quantitative estimate of drug-likeness (QED) is 0.890. The Bertz CT molecular complexity index is 567. The lowest BCUT2D eigenvalue weighted by Gasteiger charge is -2.34. The second-order valence-electron chi connectivity index (χ2n) is 6.90. The average Bonchev–Trinajstić information content (AvgIpc) is 2.64. The molecular formula is C19H26N2O3. The van der Waals surface area contributed by atoms with E-state index in [2.05, 4.69) is 5.32 Å². The van der Waals surface area contributed by atoms with Crippen molar-refractivity contribution in [1.29, 1.82) is 0 Å². The second kappa shape index (κ2) is 7.79. The van der Waals surface area contributed by atoms with Gasteiger partial charge in [0.2, 0.25) is 5.91 Å². The van der Waals surface area contributed by atoms with Crippen LogP contribution in [0.15, 0.2) is 30.3 Å². The van der Waals surface area contributed by atoms with Gasteiger partial charge in [0.25, 0.3) is 5.91 Å². The number of hydrogen-bond donors (Lipinski definition) is 2. The monoisotopic (exact) mass is 330 g/mol. The number of carbonyl (C=O) groups is 2. The van der Waals surface area contributed by atoms with Crippen molar-refractivity contribution in [3.63, 3.8) is 0 Å². The van der Waals surface area contributed by atoms with E-state index >= 15 is 0 Å². The summed E-state index contributed by atoms with van der Waals surface area (Å²) in [5.41, 5.74) is 0.700. The zero-order valence-corrected chi connectivity index (χ0v) is 14.0. The minimum absolute atomic E-state index is 0.0350. The summed E-state index contributed by atoms with van der Waals surface area (Å²) in [4.78, 5) is 26.7. The molecule has 0 aromatic heterocycles. The lowest BCUT2D eigenvalue weighted by atomic mass is 9.90. The Labute approximate surface area is 143 Å². The van der Waals surface area contributed by atoms with E-state index < -0.39 is 6.10 Å². The Morgan fingerprint density at radius 3 is 2.33 bits per heavy atom. The van der Waals surface area contributed by atoms with E-state index in [4.69, 9.17) is 0 Å². The zero-order valence-electron chi connectivity index (χ0n) is 14.0. The summed E-state index contributed by atoms with van der Waals surface area (Å²) in [5.74, 6) is 0.0175. The molecule has 1 aromatic carbocycles. The summed E-state index contributed by atoms with van der Waals surface area (Å²) < 4.78 is 0. The topological polar surface area (TPSA) is 69.6 Å². The minimum atomic E-state index is -0.414. The van der Waals surface area contributed by atoms with E-state index in [1.54, 1.807) is 0 Å². The summed E-state index contributed by atoms with van der Waals surface area (Å²) >= 11 is 0. The molecule has 5 nitrogen and oxygen atoms in total. The largest absolute Gasteiger partial charge is 0.391 e. The normalized spacial score (nSPS) is 25.3. The summed E-state index contributed by atoms with van der Waals surface area (Å²) in [6.07, 6.45) is 4.69. The first-order valence-electron chi connectivity index (χ1n) is 8.98. The van der Waals surface area contributed by atoms with Crippen molar-refractivity contribution in [3.05, 3.63) is 35.9 Å². The van der Waals surface area contributed by atoms with Gasteiger partial charge in [0.15, 0.2) is 0 Å². The summed E-state index contributed by atoms with van der Waals surface area (Å²) in [7, 11) is 0. The molecule has 0 spiro atoms. The van der Waals surface area contributed by atoms with Crippen LogP contribution in [0.3, 0.4) is 0 Å². The van der Waals surface area contributed by atoms with Crippen LogP contribution >= 0.6 is 0 Å². The predicted molar refractivity (Wildman–Crippen MR) is 91.5 cm³/mol. The highest BCUT2D eigenvalue weighted by Crippen LogP contribution is 2.22. The van der Waals surface area contributed by atoms with Gasteiger partial charge in [-0.05, 0) is 37.8 Å². The number of benzene rings is 1. The molecule has 1 aliphatic carbocycles. The third-order valence-electron chi connectivity index (χ3n) is 5.23. The molecule has 1 saturated carbocycles. The molecule has 1 aliphatic heterocycles. The molecule has 1 saturated heterocycles. The molecule has 2 N–H and O–H groups in total. The first-order chi connectivity index (χ1) is 11.6. The van der Waals surface area contributed by atoms with Gasteiger partial charge >= 0.3 is 0 Å². The Morgan fingerprint density at radius 1 is 1.00 bits per heavy atom. The summed E-state index contributed by atoms with van der Waals surface area (Å²) in [6.45, 7) is 1.22. The zero-order chi connectivity index (χ0) is 16.9. The Kier molecular flexibility index (Phi) is 5.51. The molecule has 2 atom stereocenters. The number of nitrogens with zero attached hydrogens (tertiary/aromatic N) is 1. The molecule has 0 bridgehead atoms. The van der Waals surface area contributed by atoms with Crippen LogP contribution < -0.4 is 5.32 Å². The second-order valence-corrected chi connectivity index (χ2v) is 6.90. The number of nitrogens with one attached hydrogen (secondary N) is 1. The maximum absolute atomic E-state index is 12.4. The lowest BCUT2D eigenvalue weighted by Crippen LogP contribution is -2.49. The van der Waals surface area contributed by atoms with Crippen molar-refractivity contribution >= 4 is 11.8 Å². The lowest BCUT2D eigenvalue weighted by molar-refractivity contribution is -0.128. The molecule has 2 fully saturated rings. The van der Waals surface area contributed by atoms with E-state index in [9.17, 15) is 14.7 Å². The van der Waals surface area contributed by atoms with Crippen LogP contribution in [0, 0.1) is 5.92 Å². The maximum Gasteiger partial charge on any atom is 0.253 e. The molecule has 3 rings (SSSR count). The van der Waals surface area contributed by atoms with Crippen LogP contribution in [0.25, 0.3) is 0 Å². The standard InChI is InChI=1S/C19H26N2O3/c22-17-9-5-4-8-16(17)20-18(23)14-10-12-21(13-11-14)19(24)15-6-2-1-3-7-15/h1-3,6-7,14,16-17,22H,4-5,8-13H2,(H,20,23). The molecule has 2 aliphatic rings. The number of rotatable bonds is 3. The van der Waals surface area contributed by atoms with Gasteiger partial charge in [-0.2, -0.15) is 0 Å². The molecule has 1 aromatic rings. The van der Waals surface area contributed by atoms with Crippen molar-refractivity contribution < 1.29 is 14.7 Å². The van der Waals surface area contributed by atoms with E-state index in [0.717, 1.165) is 25.7 Å². The van der Waals surface area contributed by atoms with Gasteiger partial charge in [0.05, 0.1) is 12.1 Å². The number of aliphatic hydroxyl groups excluding tert-OH is 1. The highest BCUT2D eigenvalue weighted by molar-refractivity contribution is 5.94. The van der Waals surface area contributed by atoms with Gasteiger partial charge in [-0.15, -0.1) is 0 Å². The number of amides is 2. The third-order valence-corrected chi connectivity index (χ3v) is 5.23. The third kappa shape index (κ3) is 3.96. The van der Waals surface area contributed by atoms with Crippen LogP contribution in [-0.2, 0) is 4.79 Å². The van der Waals surface area contributed by atoms with Gasteiger partial charge in [-0.25, -0.2) is 0 Å². The molecule has 130 valence electrons. The van der Waals surface area contributed by atoms with E-state index in [-0.39, 0.29) is 23.8 Å². The fraction of sp³-hybridized carbons (Fsp3) is 0.579. The van der Waals surface area contributed by atoms with Crippen LogP contribution in [0.1, 0.15) is 48.9 Å². The van der Waals surface area contributed by atoms with Gasteiger partial charge in [0.1, 0.15) is 0 Å². The molecule has 2 amide bonds. The van der Waals surface area contributed by atoms with Gasteiger partial charge in [-0.1, -0.05) is 31.0 Å². The SMILES string of the molecule is O=C(NC1CCCCC1O)C1CCN(C(=O)c2ccccc2)CC1. The number of hydrogen-bond acceptors (Lipinski definition) is 3. The van der Waals surface area contributed by atoms with Crippen LogP contribution in [0.2, 0.25) is 0 Å². The van der Waals surface area contributed by atoms with Crippen LogP contribution in [-0.4, -0.2) is 47.1 Å². The fourth-order valence-electron chi connectivity index (χ4n) is 3.69. The number of carbonyl (C=O) groups excluding carboxylic acids is 2. The number of likely N-dealkylation sites (tertiary alicyclic amines) is 1. The fourth-order valence-corrected chi connectivity index (χ4v) is 3.69. The number of piperidine rings is 1. The van der Waals surface area contributed by atoms with Crippen molar-refractivity contribution in [1.82, 2.24) is 10.2 Å². The van der Waals surface area contributed by atoms with Crippen molar-refractivity contribution in [2.45, 2.75) is 50.7 Å². The maximum atomic E-state index is 12.4. The van der Waals surface area contributed by atoms with Gasteiger partial charge in [0, 0.05) is 24.6 Å². The molecule has 1 heterocycles. The van der Waals surface area contributed by atoms with Crippen molar-refractivity contribution in [2.75, 3.05) is 13.1 Å². The predicted octanol–water partition coefficient (Wildman–Crippen LogP) is 1.96. The molecule has 24 heavy (non-hydrogen) atoms. The molecule has 0 radical (unpaired) electrons.